The predicted octanol–water partition coefficient (Wildman–Crippen LogP) is 2.09. The van der Waals surface area contributed by atoms with E-state index in [1.807, 2.05) is 12.1 Å². The molecule has 0 radical (unpaired) electrons. The highest BCUT2D eigenvalue weighted by Gasteiger charge is 2.15. The first kappa shape index (κ1) is 11.3. The third kappa shape index (κ3) is 2.67. The van der Waals surface area contributed by atoms with Gasteiger partial charge in [0.15, 0.2) is 11.5 Å². The number of benzene rings is 1. The Bertz CT molecular complexity index is 348. The van der Waals surface area contributed by atoms with Crippen molar-refractivity contribution in [2.45, 2.75) is 31.7 Å². The van der Waals surface area contributed by atoms with Crippen molar-refractivity contribution in [1.82, 2.24) is 5.32 Å². The van der Waals surface area contributed by atoms with Crippen LogP contribution in [0.25, 0.3) is 0 Å². The van der Waals surface area contributed by atoms with E-state index in [1.165, 1.54) is 24.8 Å². The number of ether oxygens (including phenoxy) is 1. The van der Waals surface area contributed by atoms with E-state index < -0.39 is 0 Å². The minimum atomic E-state index is 0.207. The molecule has 1 aliphatic rings. The summed E-state index contributed by atoms with van der Waals surface area (Å²) in [7, 11) is 1.57. The Labute approximate surface area is 96.4 Å². The van der Waals surface area contributed by atoms with E-state index in [1.54, 1.807) is 13.2 Å². The van der Waals surface area contributed by atoms with Crippen LogP contribution in [0.5, 0.6) is 11.5 Å². The summed E-state index contributed by atoms with van der Waals surface area (Å²) in [5.74, 6) is 0.763. The summed E-state index contributed by atoms with van der Waals surface area (Å²) < 4.78 is 5.07. The number of methoxy groups -OCH3 is 1. The molecule has 0 aromatic heterocycles. The van der Waals surface area contributed by atoms with Gasteiger partial charge in [0, 0.05) is 6.04 Å². The quantitative estimate of drug-likeness (QED) is 0.800. The highest BCUT2D eigenvalue weighted by molar-refractivity contribution is 5.41. The summed E-state index contributed by atoms with van der Waals surface area (Å²) in [6, 6.07) is 6.27. The zero-order valence-corrected chi connectivity index (χ0v) is 9.70. The van der Waals surface area contributed by atoms with Crippen LogP contribution in [0, 0.1) is 0 Å². The summed E-state index contributed by atoms with van der Waals surface area (Å²) in [6.07, 6.45) is 4.98. The summed E-state index contributed by atoms with van der Waals surface area (Å²) in [5, 5.41) is 13.0. The zero-order chi connectivity index (χ0) is 11.4. The van der Waals surface area contributed by atoms with E-state index in [0.29, 0.717) is 5.75 Å². The Kier molecular flexibility index (Phi) is 3.67. The van der Waals surface area contributed by atoms with Gasteiger partial charge in [0.2, 0.25) is 0 Å². The molecule has 2 rings (SSSR count). The van der Waals surface area contributed by atoms with E-state index in [4.69, 9.17) is 4.74 Å². The molecule has 3 nitrogen and oxygen atoms in total. The molecule has 1 fully saturated rings. The van der Waals surface area contributed by atoms with Crippen LogP contribution in [0.2, 0.25) is 0 Å². The fourth-order valence-corrected chi connectivity index (χ4v) is 1.91. The fourth-order valence-electron chi connectivity index (χ4n) is 1.91. The van der Waals surface area contributed by atoms with Crippen molar-refractivity contribution in [2.75, 3.05) is 13.7 Å². The molecule has 2 N–H and O–H groups in total. The van der Waals surface area contributed by atoms with E-state index in [0.717, 1.165) is 19.0 Å². The molecule has 16 heavy (non-hydrogen) atoms. The third-order valence-electron chi connectivity index (χ3n) is 3.20. The van der Waals surface area contributed by atoms with Crippen LogP contribution in [-0.2, 0) is 6.42 Å². The van der Waals surface area contributed by atoms with Crippen molar-refractivity contribution < 1.29 is 9.84 Å². The first-order valence-corrected chi connectivity index (χ1v) is 5.89. The molecule has 0 heterocycles. The second kappa shape index (κ2) is 5.21. The molecular formula is C13H19NO2. The lowest BCUT2D eigenvalue weighted by Crippen LogP contribution is -2.36. The van der Waals surface area contributed by atoms with E-state index >= 15 is 0 Å². The minimum absolute atomic E-state index is 0.207. The fraction of sp³-hybridized carbons (Fsp3) is 0.538. The smallest absolute Gasteiger partial charge is 0.160 e. The molecule has 3 heteroatoms. The Balaban J connectivity index is 1.83. The molecule has 1 aliphatic carbocycles. The largest absolute Gasteiger partial charge is 0.504 e. The minimum Gasteiger partial charge on any atom is -0.504 e. The normalized spacial score (nSPS) is 15.8. The van der Waals surface area contributed by atoms with Crippen LogP contribution >= 0.6 is 0 Å². The maximum Gasteiger partial charge on any atom is 0.160 e. The van der Waals surface area contributed by atoms with Crippen LogP contribution in [0.3, 0.4) is 0 Å². The summed E-state index contributed by atoms with van der Waals surface area (Å²) in [4.78, 5) is 0. The van der Waals surface area contributed by atoms with Crippen molar-refractivity contribution in [3.05, 3.63) is 23.8 Å². The first-order valence-electron chi connectivity index (χ1n) is 5.89. The molecule has 1 saturated carbocycles. The molecule has 0 saturated heterocycles. The third-order valence-corrected chi connectivity index (χ3v) is 3.20. The molecule has 0 aliphatic heterocycles. The van der Waals surface area contributed by atoms with Crippen molar-refractivity contribution in [1.29, 1.82) is 0 Å². The molecule has 0 amide bonds. The number of hydrogen-bond donors (Lipinski definition) is 2. The predicted molar refractivity (Wildman–Crippen MR) is 64.0 cm³/mol. The molecule has 0 bridgehead atoms. The Morgan fingerprint density at radius 3 is 2.88 bits per heavy atom. The molecule has 0 atom stereocenters. The molecular weight excluding hydrogens is 202 g/mol. The van der Waals surface area contributed by atoms with Crippen molar-refractivity contribution in [3.63, 3.8) is 0 Å². The van der Waals surface area contributed by atoms with Gasteiger partial charge in [-0.1, -0.05) is 12.5 Å². The van der Waals surface area contributed by atoms with Crippen LogP contribution in [0.4, 0.5) is 0 Å². The van der Waals surface area contributed by atoms with Gasteiger partial charge in [0.1, 0.15) is 0 Å². The standard InChI is InChI=1S/C13H19NO2/c1-16-13-9-10(5-6-12(13)15)7-8-14-11-3-2-4-11/h5-6,9,11,14-15H,2-4,7-8H2,1H3. The summed E-state index contributed by atoms with van der Waals surface area (Å²) in [5.41, 5.74) is 1.20. The average Bonchev–Trinajstić information content (AvgIpc) is 2.24. The van der Waals surface area contributed by atoms with Crippen LogP contribution in [0.15, 0.2) is 18.2 Å². The van der Waals surface area contributed by atoms with Gasteiger partial charge in [-0.25, -0.2) is 0 Å². The number of phenolic OH excluding ortho intramolecular Hbond substituents is 1. The highest BCUT2D eigenvalue weighted by atomic mass is 16.5. The van der Waals surface area contributed by atoms with Crippen LogP contribution in [0.1, 0.15) is 24.8 Å². The van der Waals surface area contributed by atoms with Gasteiger partial charge in [-0.3, -0.25) is 0 Å². The number of nitrogens with one attached hydrogen (secondary N) is 1. The van der Waals surface area contributed by atoms with Crippen molar-refractivity contribution in [3.8, 4) is 11.5 Å². The summed E-state index contributed by atoms with van der Waals surface area (Å²) >= 11 is 0. The summed E-state index contributed by atoms with van der Waals surface area (Å²) in [6.45, 7) is 0.999. The van der Waals surface area contributed by atoms with Crippen molar-refractivity contribution >= 4 is 0 Å². The Morgan fingerprint density at radius 2 is 2.25 bits per heavy atom. The van der Waals surface area contributed by atoms with Gasteiger partial charge in [-0.05, 0) is 43.5 Å². The topological polar surface area (TPSA) is 41.5 Å². The molecule has 1 aromatic carbocycles. The first-order chi connectivity index (χ1) is 7.79. The lowest BCUT2D eigenvalue weighted by Gasteiger charge is -2.26. The highest BCUT2D eigenvalue weighted by Crippen LogP contribution is 2.26. The second-order valence-electron chi connectivity index (χ2n) is 4.34. The molecule has 0 unspecified atom stereocenters. The van der Waals surface area contributed by atoms with Gasteiger partial charge in [0.25, 0.3) is 0 Å². The van der Waals surface area contributed by atoms with Crippen molar-refractivity contribution in [2.24, 2.45) is 0 Å². The number of phenols is 1. The maximum absolute atomic E-state index is 9.46. The van der Waals surface area contributed by atoms with E-state index in [-0.39, 0.29) is 5.75 Å². The lowest BCUT2D eigenvalue weighted by atomic mass is 9.93. The number of rotatable bonds is 5. The average molecular weight is 221 g/mol. The lowest BCUT2D eigenvalue weighted by molar-refractivity contribution is 0.341. The van der Waals surface area contributed by atoms with Gasteiger partial charge >= 0.3 is 0 Å². The van der Waals surface area contributed by atoms with Gasteiger partial charge in [-0.2, -0.15) is 0 Å². The van der Waals surface area contributed by atoms with Gasteiger partial charge in [0.05, 0.1) is 7.11 Å². The maximum atomic E-state index is 9.46. The molecule has 1 aromatic rings. The number of aromatic hydroxyl groups is 1. The van der Waals surface area contributed by atoms with Gasteiger partial charge in [-0.15, -0.1) is 0 Å². The Morgan fingerprint density at radius 1 is 1.44 bits per heavy atom. The van der Waals surface area contributed by atoms with Crippen LogP contribution < -0.4 is 10.1 Å². The second-order valence-corrected chi connectivity index (χ2v) is 4.34. The molecule has 88 valence electrons. The SMILES string of the molecule is COc1cc(CCNC2CCC2)ccc1O. The zero-order valence-electron chi connectivity index (χ0n) is 9.70. The molecule has 0 spiro atoms. The monoisotopic (exact) mass is 221 g/mol. The Hall–Kier alpha value is -1.22. The van der Waals surface area contributed by atoms with E-state index in [9.17, 15) is 5.11 Å². The van der Waals surface area contributed by atoms with Crippen LogP contribution in [-0.4, -0.2) is 24.8 Å². The van der Waals surface area contributed by atoms with Gasteiger partial charge < -0.3 is 15.2 Å². The number of hydrogen-bond acceptors (Lipinski definition) is 3. The van der Waals surface area contributed by atoms with E-state index in [2.05, 4.69) is 5.32 Å².